The molecule has 0 saturated heterocycles. The van der Waals surface area contributed by atoms with E-state index in [1.165, 1.54) is 0 Å². The summed E-state index contributed by atoms with van der Waals surface area (Å²) < 4.78 is 42.0. The van der Waals surface area contributed by atoms with Gasteiger partial charge in [-0.05, 0) is 13.8 Å². The highest BCUT2D eigenvalue weighted by Crippen LogP contribution is 2.27. The van der Waals surface area contributed by atoms with Gasteiger partial charge >= 0.3 is 6.18 Å². The van der Waals surface area contributed by atoms with Crippen LogP contribution in [0, 0.1) is 0 Å². The molecule has 0 fully saturated rings. The van der Waals surface area contributed by atoms with Crippen molar-refractivity contribution in [3.05, 3.63) is 17.6 Å². The average molecular weight is 234 g/mol. The molecular weight excluding hydrogens is 225 g/mol. The van der Waals surface area contributed by atoms with Crippen molar-refractivity contribution in [1.82, 2.24) is 9.97 Å². The van der Waals surface area contributed by atoms with Crippen LogP contribution in [0.4, 0.5) is 13.2 Å². The van der Waals surface area contributed by atoms with Gasteiger partial charge in [0.05, 0.1) is 6.10 Å². The highest BCUT2D eigenvalue weighted by Gasteiger charge is 2.35. The van der Waals surface area contributed by atoms with Crippen LogP contribution in [0.15, 0.2) is 6.07 Å². The van der Waals surface area contributed by atoms with Crippen LogP contribution in [-0.4, -0.2) is 22.4 Å². The molecule has 0 unspecified atom stereocenters. The van der Waals surface area contributed by atoms with Crippen molar-refractivity contribution in [2.45, 2.75) is 26.1 Å². The Bertz CT molecular complexity index is 391. The summed E-state index contributed by atoms with van der Waals surface area (Å²) in [5.41, 5.74) is -0.363. The maximum absolute atomic E-state index is 12.3. The van der Waals surface area contributed by atoms with Gasteiger partial charge in [-0.2, -0.15) is 18.2 Å². The number of alkyl halides is 3. The van der Waals surface area contributed by atoms with Crippen molar-refractivity contribution >= 4 is 6.29 Å². The molecule has 1 heterocycles. The molecule has 0 radical (unpaired) electrons. The zero-order valence-corrected chi connectivity index (χ0v) is 8.58. The Balaban J connectivity index is 3.16. The first-order valence-corrected chi connectivity index (χ1v) is 4.41. The normalized spacial score (nSPS) is 11.6. The first-order valence-electron chi connectivity index (χ1n) is 4.41. The second-order valence-corrected chi connectivity index (χ2v) is 3.24. The Labute approximate surface area is 89.5 Å². The predicted molar refractivity (Wildman–Crippen MR) is 48.2 cm³/mol. The Kier molecular flexibility index (Phi) is 3.46. The lowest BCUT2D eigenvalue weighted by atomic mass is 10.4. The SMILES string of the molecule is CC(C)Oc1cc(C=O)nc(C(F)(F)F)n1. The molecule has 0 aliphatic carbocycles. The van der Waals surface area contributed by atoms with Gasteiger partial charge in [0.25, 0.3) is 0 Å². The van der Waals surface area contributed by atoms with Gasteiger partial charge in [0.1, 0.15) is 5.69 Å². The Morgan fingerprint density at radius 1 is 1.38 bits per heavy atom. The number of halogens is 3. The Hall–Kier alpha value is -1.66. The lowest BCUT2D eigenvalue weighted by Gasteiger charge is -2.11. The third kappa shape index (κ3) is 3.18. The third-order valence-electron chi connectivity index (χ3n) is 1.45. The quantitative estimate of drug-likeness (QED) is 0.751. The molecule has 0 atom stereocenters. The summed E-state index contributed by atoms with van der Waals surface area (Å²) in [4.78, 5) is 16.6. The van der Waals surface area contributed by atoms with Gasteiger partial charge in [0.2, 0.25) is 11.7 Å². The maximum atomic E-state index is 12.3. The predicted octanol–water partition coefficient (Wildman–Crippen LogP) is 2.10. The van der Waals surface area contributed by atoms with Gasteiger partial charge in [0, 0.05) is 6.07 Å². The number of rotatable bonds is 3. The van der Waals surface area contributed by atoms with E-state index in [4.69, 9.17) is 4.74 Å². The lowest BCUT2D eigenvalue weighted by Crippen LogP contribution is -2.15. The van der Waals surface area contributed by atoms with E-state index in [2.05, 4.69) is 9.97 Å². The minimum atomic E-state index is -4.70. The first-order chi connectivity index (χ1) is 7.32. The first kappa shape index (κ1) is 12.4. The van der Waals surface area contributed by atoms with E-state index >= 15 is 0 Å². The smallest absolute Gasteiger partial charge is 0.451 e. The molecule has 1 aromatic heterocycles. The maximum Gasteiger partial charge on any atom is 0.451 e. The molecule has 16 heavy (non-hydrogen) atoms. The van der Waals surface area contributed by atoms with Crippen molar-refractivity contribution in [3.63, 3.8) is 0 Å². The average Bonchev–Trinajstić information content (AvgIpc) is 2.14. The molecule has 0 aliphatic rings. The summed E-state index contributed by atoms with van der Waals surface area (Å²) in [5.74, 6) is -1.65. The Morgan fingerprint density at radius 3 is 2.44 bits per heavy atom. The highest BCUT2D eigenvalue weighted by atomic mass is 19.4. The summed E-state index contributed by atoms with van der Waals surface area (Å²) in [6.45, 7) is 3.27. The molecule has 0 bridgehead atoms. The zero-order valence-electron chi connectivity index (χ0n) is 8.58. The topological polar surface area (TPSA) is 52.1 Å². The number of aromatic nitrogens is 2. The molecule has 1 aromatic rings. The molecule has 0 aromatic carbocycles. The van der Waals surface area contributed by atoms with Crippen molar-refractivity contribution in [2.75, 3.05) is 0 Å². The van der Waals surface area contributed by atoms with Gasteiger partial charge < -0.3 is 4.74 Å². The number of aldehydes is 1. The third-order valence-corrected chi connectivity index (χ3v) is 1.45. The van der Waals surface area contributed by atoms with Crippen LogP contribution in [0.3, 0.4) is 0 Å². The van der Waals surface area contributed by atoms with Gasteiger partial charge in [0.15, 0.2) is 6.29 Å². The summed E-state index contributed by atoms with van der Waals surface area (Å²) in [6.07, 6.45) is -4.83. The van der Waals surface area contributed by atoms with E-state index in [9.17, 15) is 18.0 Å². The summed E-state index contributed by atoms with van der Waals surface area (Å²) in [7, 11) is 0. The molecule has 7 heteroatoms. The fourth-order valence-electron chi connectivity index (χ4n) is 0.932. The van der Waals surface area contributed by atoms with Gasteiger partial charge in [-0.25, -0.2) is 4.98 Å². The summed E-state index contributed by atoms with van der Waals surface area (Å²) >= 11 is 0. The van der Waals surface area contributed by atoms with Crippen LogP contribution < -0.4 is 4.74 Å². The van der Waals surface area contributed by atoms with E-state index in [1.807, 2.05) is 0 Å². The van der Waals surface area contributed by atoms with Gasteiger partial charge in [-0.15, -0.1) is 0 Å². The molecule has 88 valence electrons. The van der Waals surface area contributed by atoms with E-state index in [0.717, 1.165) is 6.07 Å². The molecule has 0 amide bonds. The zero-order chi connectivity index (χ0) is 12.3. The van der Waals surface area contributed by atoms with Crippen LogP contribution in [0.2, 0.25) is 0 Å². The van der Waals surface area contributed by atoms with Crippen LogP contribution in [-0.2, 0) is 6.18 Å². The number of hydrogen-bond acceptors (Lipinski definition) is 4. The standard InChI is InChI=1S/C9H9F3N2O2/c1-5(2)16-7-3-6(4-15)13-8(14-7)9(10,11)12/h3-5H,1-2H3. The monoisotopic (exact) mass is 234 g/mol. The van der Waals surface area contributed by atoms with Crippen LogP contribution in [0.5, 0.6) is 5.88 Å². The second kappa shape index (κ2) is 4.46. The van der Waals surface area contributed by atoms with Crippen molar-refractivity contribution in [2.24, 2.45) is 0 Å². The number of ether oxygens (including phenoxy) is 1. The summed E-state index contributed by atoms with van der Waals surface area (Å²) in [5, 5.41) is 0. The van der Waals surface area contributed by atoms with Crippen LogP contribution in [0.25, 0.3) is 0 Å². The number of nitrogens with zero attached hydrogens (tertiary/aromatic N) is 2. The van der Waals surface area contributed by atoms with Gasteiger partial charge in [-0.3, -0.25) is 4.79 Å². The van der Waals surface area contributed by atoms with Crippen LogP contribution in [0.1, 0.15) is 30.2 Å². The molecular formula is C9H9F3N2O2. The minimum absolute atomic E-state index is 0.212. The van der Waals surface area contributed by atoms with E-state index < -0.39 is 12.0 Å². The number of carbonyl (C=O) groups is 1. The highest BCUT2D eigenvalue weighted by molar-refractivity contribution is 5.72. The number of carbonyl (C=O) groups excluding carboxylic acids is 1. The van der Waals surface area contributed by atoms with E-state index in [1.54, 1.807) is 13.8 Å². The molecule has 1 rings (SSSR count). The van der Waals surface area contributed by atoms with Crippen molar-refractivity contribution in [3.8, 4) is 5.88 Å². The fourth-order valence-corrected chi connectivity index (χ4v) is 0.932. The minimum Gasteiger partial charge on any atom is -0.475 e. The van der Waals surface area contributed by atoms with Gasteiger partial charge in [-0.1, -0.05) is 0 Å². The number of hydrogen-bond donors (Lipinski definition) is 0. The molecule has 4 nitrogen and oxygen atoms in total. The molecule has 0 saturated carbocycles. The molecule has 0 aliphatic heterocycles. The van der Waals surface area contributed by atoms with Crippen LogP contribution >= 0.6 is 0 Å². The van der Waals surface area contributed by atoms with Crippen molar-refractivity contribution in [1.29, 1.82) is 0 Å². The van der Waals surface area contributed by atoms with E-state index in [-0.39, 0.29) is 24.0 Å². The summed E-state index contributed by atoms with van der Waals surface area (Å²) in [6, 6.07) is 1.06. The largest absolute Gasteiger partial charge is 0.475 e. The second-order valence-electron chi connectivity index (χ2n) is 3.24. The Morgan fingerprint density at radius 2 is 2.00 bits per heavy atom. The molecule has 0 N–H and O–H groups in total. The van der Waals surface area contributed by atoms with E-state index in [0.29, 0.717) is 0 Å². The fraction of sp³-hybridized carbons (Fsp3) is 0.444. The lowest BCUT2D eigenvalue weighted by molar-refractivity contribution is -0.145. The molecule has 0 spiro atoms. The van der Waals surface area contributed by atoms with Crippen molar-refractivity contribution < 1.29 is 22.7 Å².